The van der Waals surface area contributed by atoms with Gasteiger partial charge in [-0.2, -0.15) is 0 Å². The molecule has 0 amide bonds. The van der Waals surface area contributed by atoms with Crippen LogP contribution < -0.4 is 4.84 Å². The number of rotatable bonds is 3. The van der Waals surface area contributed by atoms with Crippen molar-refractivity contribution in [3.8, 4) is 0 Å². The van der Waals surface area contributed by atoms with Crippen LogP contribution in [-0.2, 0) is 0 Å². The number of hydrogen-bond acceptors (Lipinski definition) is 3. The van der Waals surface area contributed by atoms with Crippen molar-refractivity contribution >= 4 is 5.97 Å². The van der Waals surface area contributed by atoms with Gasteiger partial charge in [-0.05, 0) is 13.8 Å². The summed E-state index contributed by atoms with van der Waals surface area (Å²) in [6.45, 7) is 3.67. The molecule has 1 aromatic rings. The number of carboxylic acid groups (broad SMARTS) is 1. The topological polar surface area (TPSA) is 64.3 Å². The Morgan fingerprint density at radius 3 is 2.83 bits per heavy atom. The zero-order valence-corrected chi connectivity index (χ0v) is 6.89. The van der Waals surface area contributed by atoms with Gasteiger partial charge >= 0.3 is 5.97 Å². The molecule has 0 saturated heterocycles. The third-order valence-electron chi connectivity index (χ3n) is 1.13. The molecule has 1 aromatic heterocycles. The van der Waals surface area contributed by atoms with E-state index >= 15 is 0 Å². The number of aromatic carboxylic acids is 1. The third kappa shape index (κ3) is 1.98. The van der Waals surface area contributed by atoms with Gasteiger partial charge in [-0.3, -0.25) is 0 Å². The molecule has 0 unspecified atom stereocenters. The fraction of sp³-hybridized carbons (Fsp3) is 0.429. The van der Waals surface area contributed by atoms with Gasteiger partial charge in [0.1, 0.15) is 11.7 Å². The summed E-state index contributed by atoms with van der Waals surface area (Å²) in [5.41, 5.74) is 0.121. The maximum Gasteiger partial charge on any atom is 0.339 e. The lowest BCUT2D eigenvalue weighted by Gasteiger charge is -2.06. The largest absolute Gasteiger partial charge is 0.478 e. The second-order valence-corrected chi connectivity index (χ2v) is 2.59. The van der Waals surface area contributed by atoms with E-state index in [1.54, 1.807) is 0 Å². The number of carbonyl (C=O) groups is 1. The molecule has 0 aliphatic carbocycles. The van der Waals surface area contributed by atoms with Crippen LogP contribution in [0.3, 0.4) is 0 Å². The summed E-state index contributed by atoms with van der Waals surface area (Å²) in [6.07, 6.45) is 2.54. The molecule has 0 radical (unpaired) electrons. The molecule has 66 valence electrons. The van der Waals surface area contributed by atoms with E-state index in [4.69, 9.17) is 9.94 Å². The standard InChI is InChI=1S/C7H10N2O3/c1-5(2)12-9-4-6(3-8-9)7(10)11/h3-5H,1-2H3,(H,10,11). The van der Waals surface area contributed by atoms with Gasteiger partial charge in [-0.1, -0.05) is 0 Å². The van der Waals surface area contributed by atoms with Gasteiger partial charge in [-0.15, -0.1) is 9.94 Å². The summed E-state index contributed by atoms with van der Waals surface area (Å²) in [5, 5.41) is 12.2. The Balaban J connectivity index is 2.71. The van der Waals surface area contributed by atoms with Crippen molar-refractivity contribution in [2.75, 3.05) is 0 Å². The third-order valence-corrected chi connectivity index (χ3v) is 1.13. The number of carboxylic acids is 1. The second kappa shape index (κ2) is 3.25. The van der Waals surface area contributed by atoms with Crippen LogP contribution in [0.5, 0.6) is 0 Å². The Bertz CT molecular complexity index is 280. The van der Waals surface area contributed by atoms with E-state index in [-0.39, 0.29) is 11.7 Å². The molecular weight excluding hydrogens is 160 g/mol. The van der Waals surface area contributed by atoms with Gasteiger partial charge in [0.25, 0.3) is 0 Å². The van der Waals surface area contributed by atoms with E-state index in [1.165, 1.54) is 12.4 Å². The summed E-state index contributed by atoms with van der Waals surface area (Å²) in [4.78, 5) is 16.6. The Labute approximate surface area is 69.5 Å². The Morgan fingerprint density at radius 1 is 1.75 bits per heavy atom. The molecule has 0 aliphatic heterocycles. The molecule has 0 fully saturated rings. The fourth-order valence-electron chi connectivity index (χ4n) is 0.689. The van der Waals surface area contributed by atoms with Crippen LogP contribution in [0.15, 0.2) is 12.4 Å². The van der Waals surface area contributed by atoms with Gasteiger partial charge in [-0.25, -0.2) is 4.79 Å². The predicted molar refractivity (Wildman–Crippen MR) is 40.9 cm³/mol. The zero-order chi connectivity index (χ0) is 9.14. The van der Waals surface area contributed by atoms with E-state index in [0.717, 1.165) is 4.85 Å². The van der Waals surface area contributed by atoms with Crippen molar-refractivity contribution < 1.29 is 14.7 Å². The molecular formula is C7H10N2O3. The minimum absolute atomic E-state index is 0.0217. The zero-order valence-electron chi connectivity index (χ0n) is 6.89. The first-order valence-corrected chi connectivity index (χ1v) is 3.54. The minimum Gasteiger partial charge on any atom is -0.478 e. The summed E-state index contributed by atoms with van der Waals surface area (Å²) in [6, 6.07) is 0. The Hall–Kier alpha value is -1.52. The monoisotopic (exact) mass is 170 g/mol. The van der Waals surface area contributed by atoms with Crippen molar-refractivity contribution in [3.05, 3.63) is 18.0 Å². The van der Waals surface area contributed by atoms with Gasteiger partial charge < -0.3 is 9.94 Å². The molecule has 12 heavy (non-hydrogen) atoms. The quantitative estimate of drug-likeness (QED) is 0.713. The lowest BCUT2D eigenvalue weighted by Crippen LogP contribution is -2.19. The van der Waals surface area contributed by atoms with Crippen LogP contribution in [0, 0.1) is 0 Å². The second-order valence-electron chi connectivity index (χ2n) is 2.59. The lowest BCUT2D eigenvalue weighted by atomic mass is 10.4. The molecule has 0 saturated carbocycles. The number of hydrogen-bond donors (Lipinski definition) is 1. The van der Waals surface area contributed by atoms with Crippen molar-refractivity contribution in [2.45, 2.75) is 20.0 Å². The normalized spacial score (nSPS) is 10.2. The van der Waals surface area contributed by atoms with Gasteiger partial charge in [0.05, 0.1) is 12.4 Å². The van der Waals surface area contributed by atoms with Crippen molar-refractivity contribution in [1.29, 1.82) is 0 Å². The molecule has 0 aromatic carbocycles. The van der Waals surface area contributed by atoms with Gasteiger partial charge in [0.2, 0.25) is 0 Å². The number of aromatic nitrogens is 2. The maximum absolute atomic E-state index is 10.4. The summed E-state index contributed by atoms with van der Waals surface area (Å²) in [7, 11) is 0. The Kier molecular flexibility index (Phi) is 2.32. The molecule has 1 heterocycles. The molecule has 0 spiro atoms. The summed E-state index contributed by atoms with van der Waals surface area (Å²) >= 11 is 0. The molecule has 1 rings (SSSR count). The number of nitrogens with zero attached hydrogens (tertiary/aromatic N) is 2. The van der Waals surface area contributed by atoms with E-state index in [9.17, 15) is 4.79 Å². The smallest absolute Gasteiger partial charge is 0.339 e. The summed E-state index contributed by atoms with van der Waals surface area (Å²) in [5.74, 6) is -1.01. The average molecular weight is 170 g/mol. The van der Waals surface area contributed by atoms with Crippen molar-refractivity contribution in [3.63, 3.8) is 0 Å². The fourth-order valence-corrected chi connectivity index (χ4v) is 0.689. The molecule has 1 N–H and O–H groups in total. The Morgan fingerprint density at radius 2 is 2.42 bits per heavy atom. The predicted octanol–water partition coefficient (Wildman–Crippen LogP) is 0.418. The first-order chi connectivity index (χ1) is 5.59. The first-order valence-electron chi connectivity index (χ1n) is 3.54. The highest BCUT2D eigenvalue weighted by Gasteiger charge is 2.06. The van der Waals surface area contributed by atoms with Crippen molar-refractivity contribution in [1.82, 2.24) is 9.94 Å². The van der Waals surface area contributed by atoms with E-state index in [0.29, 0.717) is 0 Å². The summed E-state index contributed by atoms with van der Waals surface area (Å²) < 4.78 is 0. The van der Waals surface area contributed by atoms with E-state index in [2.05, 4.69) is 5.10 Å². The lowest BCUT2D eigenvalue weighted by molar-refractivity contribution is 0.0356. The van der Waals surface area contributed by atoms with Gasteiger partial charge in [0, 0.05) is 0 Å². The average Bonchev–Trinajstić information content (AvgIpc) is 2.34. The van der Waals surface area contributed by atoms with Crippen LogP contribution in [0.25, 0.3) is 0 Å². The highest BCUT2D eigenvalue weighted by molar-refractivity contribution is 5.86. The first kappa shape index (κ1) is 8.58. The van der Waals surface area contributed by atoms with E-state index < -0.39 is 5.97 Å². The molecule has 0 bridgehead atoms. The highest BCUT2D eigenvalue weighted by atomic mass is 16.7. The molecule has 5 nitrogen and oxygen atoms in total. The van der Waals surface area contributed by atoms with Gasteiger partial charge in [0.15, 0.2) is 0 Å². The minimum atomic E-state index is -1.01. The van der Waals surface area contributed by atoms with Crippen LogP contribution >= 0.6 is 0 Å². The van der Waals surface area contributed by atoms with Crippen LogP contribution in [-0.4, -0.2) is 27.1 Å². The molecule has 0 aliphatic rings. The van der Waals surface area contributed by atoms with E-state index in [1.807, 2.05) is 13.8 Å². The van der Waals surface area contributed by atoms with Crippen LogP contribution in [0.2, 0.25) is 0 Å². The molecule has 0 atom stereocenters. The highest BCUT2D eigenvalue weighted by Crippen LogP contribution is 1.96. The molecule has 5 heteroatoms. The van der Waals surface area contributed by atoms with Crippen molar-refractivity contribution in [2.24, 2.45) is 0 Å². The van der Waals surface area contributed by atoms with Crippen LogP contribution in [0.1, 0.15) is 24.2 Å². The maximum atomic E-state index is 10.4. The SMILES string of the molecule is CC(C)On1cc(C(=O)O)cn1. The van der Waals surface area contributed by atoms with Crippen LogP contribution in [0.4, 0.5) is 0 Å².